The molecule has 1 heterocycles. The largest absolute Gasteiger partial charge is 0.494 e. The van der Waals surface area contributed by atoms with Gasteiger partial charge in [0.15, 0.2) is 0 Å². The van der Waals surface area contributed by atoms with E-state index in [4.69, 9.17) is 10.5 Å². The maximum Gasteiger partial charge on any atom is 0.267 e. The first-order valence-corrected chi connectivity index (χ1v) is 4.23. The Bertz CT molecular complexity index is 344. The highest BCUT2D eigenvalue weighted by atomic mass is 16.5. The van der Waals surface area contributed by atoms with Crippen molar-refractivity contribution in [1.82, 2.24) is 4.98 Å². The van der Waals surface area contributed by atoms with Crippen molar-refractivity contribution in [1.29, 1.82) is 0 Å². The fourth-order valence-corrected chi connectivity index (χ4v) is 0.962. The van der Waals surface area contributed by atoms with Gasteiger partial charge < -0.3 is 10.5 Å². The molecule has 0 fully saturated rings. The summed E-state index contributed by atoms with van der Waals surface area (Å²) in [4.78, 5) is 14.6. The number of pyridine rings is 1. The molecule has 0 aliphatic carbocycles. The van der Waals surface area contributed by atoms with Crippen LogP contribution in [-0.2, 0) is 4.74 Å². The van der Waals surface area contributed by atoms with Crippen LogP contribution >= 0.6 is 0 Å². The van der Waals surface area contributed by atoms with Gasteiger partial charge in [0.2, 0.25) is 0 Å². The summed E-state index contributed by atoms with van der Waals surface area (Å²) in [6.45, 7) is 6.13. The first kappa shape index (κ1) is 10.2. The number of nitrogens with two attached hydrogens (primary N) is 1. The van der Waals surface area contributed by atoms with Gasteiger partial charge in [-0.3, -0.25) is 9.78 Å². The van der Waals surface area contributed by atoms with Gasteiger partial charge >= 0.3 is 0 Å². The first-order valence-electron chi connectivity index (χ1n) is 4.23. The molecule has 4 heteroatoms. The molecule has 0 saturated carbocycles. The van der Waals surface area contributed by atoms with Crippen molar-refractivity contribution in [3.8, 4) is 0 Å². The second kappa shape index (κ2) is 4.41. The molecule has 0 bridgehead atoms. The topological polar surface area (TPSA) is 65.2 Å². The van der Waals surface area contributed by atoms with Crippen LogP contribution in [0, 0.1) is 0 Å². The predicted octanol–water partition coefficient (Wildman–Crippen LogP) is 1.19. The molecule has 0 radical (unpaired) electrons. The van der Waals surface area contributed by atoms with Crippen molar-refractivity contribution in [2.75, 3.05) is 6.61 Å². The van der Waals surface area contributed by atoms with Gasteiger partial charge in [-0.15, -0.1) is 0 Å². The van der Waals surface area contributed by atoms with E-state index in [2.05, 4.69) is 11.6 Å². The molecule has 4 nitrogen and oxygen atoms in total. The molecular weight excluding hydrogens is 180 g/mol. The number of carbonyl (C=O) groups excluding carboxylic acids is 1. The second-order valence-corrected chi connectivity index (χ2v) is 2.65. The van der Waals surface area contributed by atoms with Crippen LogP contribution < -0.4 is 5.73 Å². The number of carbonyl (C=O) groups is 1. The summed E-state index contributed by atoms with van der Waals surface area (Å²) in [5.74, 6) is -0.00501. The molecule has 2 N–H and O–H groups in total. The van der Waals surface area contributed by atoms with Crippen molar-refractivity contribution in [3.63, 3.8) is 0 Å². The highest BCUT2D eigenvalue weighted by Crippen LogP contribution is 2.12. The standard InChI is InChI=1S/C10H12N2O2/c1-3-14-7(2)8-4-5-9(10(11)13)12-6-8/h4-6H,2-3H2,1H3,(H2,11,13). The summed E-state index contributed by atoms with van der Waals surface area (Å²) in [5, 5.41) is 0. The summed E-state index contributed by atoms with van der Waals surface area (Å²) in [6.07, 6.45) is 1.51. The molecule has 1 rings (SSSR count). The quantitative estimate of drug-likeness (QED) is 0.728. The molecule has 1 amide bonds. The summed E-state index contributed by atoms with van der Waals surface area (Å²) in [5.41, 5.74) is 6.02. The molecule has 0 spiro atoms. The lowest BCUT2D eigenvalue weighted by Gasteiger charge is -2.06. The molecule has 1 aromatic heterocycles. The van der Waals surface area contributed by atoms with Crippen LogP contribution in [0.15, 0.2) is 24.9 Å². The average Bonchev–Trinajstić information content (AvgIpc) is 2.18. The van der Waals surface area contributed by atoms with E-state index >= 15 is 0 Å². The Labute approximate surface area is 82.4 Å². The van der Waals surface area contributed by atoms with Gasteiger partial charge in [-0.1, -0.05) is 6.58 Å². The van der Waals surface area contributed by atoms with Gasteiger partial charge in [-0.25, -0.2) is 0 Å². The molecule has 74 valence electrons. The Kier molecular flexibility index (Phi) is 3.23. The van der Waals surface area contributed by atoms with Crippen LogP contribution in [-0.4, -0.2) is 17.5 Å². The first-order chi connectivity index (χ1) is 6.65. The van der Waals surface area contributed by atoms with Crippen LogP contribution in [0.3, 0.4) is 0 Å². The van der Waals surface area contributed by atoms with Crippen LogP contribution in [0.2, 0.25) is 0 Å². The van der Waals surface area contributed by atoms with E-state index in [1.165, 1.54) is 6.20 Å². The maximum atomic E-state index is 10.7. The third kappa shape index (κ3) is 2.32. The number of ether oxygens (including phenoxy) is 1. The van der Waals surface area contributed by atoms with Crippen molar-refractivity contribution in [2.24, 2.45) is 5.73 Å². The molecule has 0 aliphatic rings. The fourth-order valence-electron chi connectivity index (χ4n) is 0.962. The van der Waals surface area contributed by atoms with Crippen LogP contribution in [0.4, 0.5) is 0 Å². The van der Waals surface area contributed by atoms with E-state index in [0.717, 1.165) is 5.56 Å². The Morgan fingerprint density at radius 1 is 1.64 bits per heavy atom. The normalized spacial score (nSPS) is 9.50. The van der Waals surface area contributed by atoms with Gasteiger partial charge in [-0.05, 0) is 19.1 Å². The number of nitrogens with zero attached hydrogens (tertiary/aromatic N) is 1. The molecule has 0 saturated heterocycles. The van der Waals surface area contributed by atoms with Gasteiger partial charge in [0.25, 0.3) is 5.91 Å². The smallest absolute Gasteiger partial charge is 0.267 e. The van der Waals surface area contributed by atoms with Crippen molar-refractivity contribution in [2.45, 2.75) is 6.92 Å². The van der Waals surface area contributed by atoms with E-state index in [1.807, 2.05) is 6.92 Å². The van der Waals surface area contributed by atoms with Crippen LogP contribution in [0.1, 0.15) is 23.0 Å². The monoisotopic (exact) mass is 192 g/mol. The molecule has 14 heavy (non-hydrogen) atoms. The third-order valence-corrected chi connectivity index (χ3v) is 1.66. The number of hydrogen-bond donors (Lipinski definition) is 1. The maximum absolute atomic E-state index is 10.7. The predicted molar refractivity (Wildman–Crippen MR) is 53.4 cm³/mol. The number of hydrogen-bond acceptors (Lipinski definition) is 3. The lowest BCUT2D eigenvalue weighted by atomic mass is 10.2. The van der Waals surface area contributed by atoms with Crippen molar-refractivity contribution in [3.05, 3.63) is 36.2 Å². The minimum absolute atomic E-state index is 0.234. The van der Waals surface area contributed by atoms with E-state index < -0.39 is 5.91 Å². The number of aromatic nitrogens is 1. The zero-order valence-corrected chi connectivity index (χ0v) is 7.99. The fraction of sp³-hybridized carbons (Fsp3) is 0.200. The number of amides is 1. The van der Waals surface area contributed by atoms with Crippen molar-refractivity contribution < 1.29 is 9.53 Å². The van der Waals surface area contributed by atoms with Crippen LogP contribution in [0.25, 0.3) is 5.76 Å². The summed E-state index contributed by atoms with van der Waals surface area (Å²) < 4.78 is 5.18. The number of primary amides is 1. The third-order valence-electron chi connectivity index (χ3n) is 1.66. The van der Waals surface area contributed by atoms with Crippen molar-refractivity contribution >= 4 is 11.7 Å². The minimum atomic E-state index is -0.543. The molecule has 0 atom stereocenters. The Hall–Kier alpha value is -1.84. The molecule has 0 aromatic carbocycles. The number of rotatable bonds is 4. The van der Waals surface area contributed by atoms with E-state index in [0.29, 0.717) is 12.4 Å². The zero-order valence-electron chi connectivity index (χ0n) is 7.99. The van der Waals surface area contributed by atoms with E-state index in [-0.39, 0.29) is 5.69 Å². The van der Waals surface area contributed by atoms with Gasteiger partial charge in [0, 0.05) is 11.8 Å². The van der Waals surface area contributed by atoms with Crippen LogP contribution in [0.5, 0.6) is 0 Å². The zero-order chi connectivity index (χ0) is 10.6. The summed E-state index contributed by atoms with van der Waals surface area (Å²) >= 11 is 0. The Morgan fingerprint density at radius 3 is 2.79 bits per heavy atom. The molecule has 0 unspecified atom stereocenters. The minimum Gasteiger partial charge on any atom is -0.494 e. The molecule has 1 aromatic rings. The lowest BCUT2D eigenvalue weighted by Crippen LogP contribution is -2.12. The van der Waals surface area contributed by atoms with Gasteiger partial charge in [0.1, 0.15) is 11.5 Å². The Morgan fingerprint density at radius 2 is 2.36 bits per heavy atom. The van der Waals surface area contributed by atoms with E-state index in [9.17, 15) is 4.79 Å². The molecule has 0 aliphatic heterocycles. The second-order valence-electron chi connectivity index (χ2n) is 2.65. The highest BCUT2D eigenvalue weighted by Gasteiger charge is 2.03. The molecular formula is C10H12N2O2. The summed E-state index contributed by atoms with van der Waals surface area (Å²) in [6, 6.07) is 3.24. The van der Waals surface area contributed by atoms with E-state index in [1.54, 1.807) is 12.1 Å². The van der Waals surface area contributed by atoms with Gasteiger partial charge in [-0.2, -0.15) is 0 Å². The highest BCUT2D eigenvalue weighted by molar-refractivity contribution is 5.90. The SMILES string of the molecule is C=C(OCC)c1ccc(C(N)=O)nc1. The Balaban J connectivity index is 2.83. The lowest BCUT2D eigenvalue weighted by molar-refractivity contribution is 0.0995. The summed E-state index contributed by atoms with van der Waals surface area (Å²) in [7, 11) is 0. The van der Waals surface area contributed by atoms with Gasteiger partial charge in [0.05, 0.1) is 6.61 Å². The average molecular weight is 192 g/mol.